The van der Waals surface area contributed by atoms with Crippen molar-refractivity contribution in [3.63, 3.8) is 0 Å². The molecule has 0 aliphatic carbocycles. The van der Waals surface area contributed by atoms with Gasteiger partial charge < -0.3 is 9.84 Å². The third-order valence-electron chi connectivity index (χ3n) is 4.51. The molecule has 0 spiro atoms. The van der Waals surface area contributed by atoms with E-state index in [0.717, 1.165) is 23.0 Å². The van der Waals surface area contributed by atoms with Gasteiger partial charge >= 0.3 is 5.69 Å². The third-order valence-corrected chi connectivity index (χ3v) is 7.12. The van der Waals surface area contributed by atoms with Gasteiger partial charge in [-0.25, -0.2) is 13.2 Å². The van der Waals surface area contributed by atoms with Crippen LogP contribution in [-0.4, -0.2) is 28.3 Å². The summed E-state index contributed by atoms with van der Waals surface area (Å²) >= 11 is 18.4. The lowest BCUT2D eigenvalue weighted by Crippen LogP contribution is -2.30. The molecule has 2 N–H and O–H groups in total. The Labute approximate surface area is 206 Å². The molecular weight excluding hydrogens is 529 g/mol. The first-order valence-electron chi connectivity index (χ1n) is 9.26. The van der Waals surface area contributed by atoms with E-state index in [1.54, 1.807) is 0 Å². The normalized spacial score (nSPS) is 11.4. The summed E-state index contributed by atoms with van der Waals surface area (Å²) in [6, 6.07) is 11.7. The van der Waals surface area contributed by atoms with E-state index in [9.17, 15) is 23.1 Å². The summed E-state index contributed by atoms with van der Waals surface area (Å²) in [6.07, 6.45) is 0.909. The number of nitrogens with zero attached hydrogens (tertiary/aromatic N) is 2. The quantitative estimate of drug-likeness (QED) is 0.387. The van der Waals surface area contributed by atoms with Crippen LogP contribution in [0.2, 0.25) is 15.1 Å². The molecule has 174 valence electrons. The van der Waals surface area contributed by atoms with E-state index in [-0.39, 0.29) is 32.1 Å². The number of aromatic hydroxyl groups is 1. The number of H-pyrrole nitrogens is 1. The molecule has 1 aromatic heterocycles. The second-order valence-electron chi connectivity index (χ2n) is 6.78. The van der Waals surface area contributed by atoms with Crippen molar-refractivity contribution >= 4 is 44.6 Å². The van der Waals surface area contributed by atoms with Crippen molar-refractivity contribution in [3.8, 4) is 22.9 Å². The SMILES string of the molecule is O=c1cnn(-c2cc(Cl)c(Oc3ccc(O)c(S(=O)(=O)c4ccc(Cl)cc4)c3)c(Cl)c2)c(=O)[nH]1. The van der Waals surface area contributed by atoms with Crippen LogP contribution in [0.25, 0.3) is 5.69 Å². The highest BCUT2D eigenvalue weighted by Crippen LogP contribution is 2.40. The molecule has 13 heteroatoms. The number of aromatic nitrogens is 3. The fourth-order valence-corrected chi connectivity index (χ4v) is 4.98. The minimum absolute atomic E-state index is 0.0150. The van der Waals surface area contributed by atoms with E-state index in [1.807, 2.05) is 0 Å². The summed E-state index contributed by atoms with van der Waals surface area (Å²) in [6.45, 7) is 0. The van der Waals surface area contributed by atoms with Gasteiger partial charge in [-0.3, -0.25) is 9.78 Å². The summed E-state index contributed by atoms with van der Waals surface area (Å²) in [7, 11) is -4.10. The van der Waals surface area contributed by atoms with Crippen molar-refractivity contribution in [3.05, 3.63) is 96.7 Å². The predicted octanol–water partition coefficient (Wildman–Crippen LogP) is 4.21. The van der Waals surface area contributed by atoms with Gasteiger partial charge in [0.25, 0.3) is 5.56 Å². The lowest BCUT2D eigenvalue weighted by molar-refractivity contribution is 0.448. The molecule has 0 amide bonds. The highest BCUT2D eigenvalue weighted by Gasteiger charge is 2.23. The highest BCUT2D eigenvalue weighted by molar-refractivity contribution is 7.91. The molecule has 4 rings (SSSR count). The number of sulfone groups is 1. The van der Waals surface area contributed by atoms with Crippen molar-refractivity contribution < 1.29 is 18.3 Å². The molecule has 34 heavy (non-hydrogen) atoms. The lowest BCUT2D eigenvalue weighted by atomic mass is 10.3. The molecule has 0 aliphatic heterocycles. The van der Waals surface area contributed by atoms with E-state index in [1.165, 1.54) is 42.5 Å². The van der Waals surface area contributed by atoms with Crippen LogP contribution in [0.4, 0.5) is 0 Å². The van der Waals surface area contributed by atoms with Gasteiger partial charge in [0.15, 0.2) is 5.75 Å². The minimum atomic E-state index is -4.10. The molecule has 0 bridgehead atoms. The lowest BCUT2D eigenvalue weighted by Gasteiger charge is -2.13. The second kappa shape index (κ2) is 9.15. The van der Waals surface area contributed by atoms with Crippen LogP contribution in [0.5, 0.6) is 17.2 Å². The van der Waals surface area contributed by atoms with Crippen molar-refractivity contribution in [1.29, 1.82) is 0 Å². The smallest absolute Gasteiger partial charge is 0.349 e. The molecule has 0 radical (unpaired) electrons. The van der Waals surface area contributed by atoms with E-state index in [0.29, 0.717) is 5.02 Å². The summed E-state index contributed by atoms with van der Waals surface area (Å²) in [5.41, 5.74) is -1.32. The fraction of sp³-hybridized carbons (Fsp3) is 0. The Morgan fingerprint density at radius 2 is 1.59 bits per heavy atom. The van der Waals surface area contributed by atoms with Crippen LogP contribution >= 0.6 is 34.8 Å². The maximum atomic E-state index is 13.0. The number of hydrogen-bond donors (Lipinski definition) is 2. The molecule has 3 aromatic carbocycles. The van der Waals surface area contributed by atoms with Gasteiger partial charge in [-0.2, -0.15) is 9.78 Å². The van der Waals surface area contributed by atoms with Crippen molar-refractivity contribution in [2.75, 3.05) is 0 Å². The Morgan fingerprint density at radius 1 is 0.941 bits per heavy atom. The number of benzene rings is 3. The zero-order valence-electron chi connectivity index (χ0n) is 16.7. The van der Waals surface area contributed by atoms with Gasteiger partial charge in [0.05, 0.1) is 20.6 Å². The van der Waals surface area contributed by atoms with Crippen LogP contribution < -0.4 is 16.0 Å². The first-order valence-corrected chi connectivity index (χ1v) is 11.9. The van der Waals surface area contributed by atoms with Gasteiger partial charge in [-0.15, -0.1) is 0 Å². The average molecular weight is 541 g/mol. The van der Waals surface area contributed by atoms with Crippen molar-refractivity contribution in [1.82, 2.24) is 14.8 Å². The van der Waals surface area contributed by atoms with E-state index in [4.69, 9.17) is 39.5 Å². The number of aromatic amines is 1. The van der Waals surface area contributed by atoms with Crippen LogP contribution in [-0.2, 0) is 9.84 Å². The maximum Gasteiger partial charge on any atom is 0.349 e. The maximum absolute atomic E-state index is 13.0. The topological polar surface area (TPSA) is 131 Å². The Bertz CT molecular complexity index is 1610. The fourth-order valence-electron chi connectivity index (χ4n) is 2.94. The summed E-state index contributed by atoms with van der Waals surface area (Å²) in [5.74, 6) is -0.510. The molecule has 0 atom stereocenters. The van der Waals surface area contributed by atoms with Gasteiger partial charge in [0, 0.05) is 11.1 Å². The second-order valence-corrected chi connectivity index (χ2v) is 9.95. The van der Waals surface area contributed by atoms with Crippen LogP contribution in [0.3, 0.4) is 0 Å². The molecule has 0 saturated carbocycles. The van der Waals surface area contributed by atoms with Gasteiger partial charge in [-0.1, -0.05) is 34.8 Å². The number of rotatable bonds is 5. The Balaban J connectivity index is 1.72. The van der Waals surface area contributed by atoms with Crippen LogP contribution in [0, 0.1) is 0 Å². The summed E-state index contributed by atoms with van der Waals surface area (Å²) in [4.78, 5) is 24.8. The van der Waals surface area contributed by atoms with Crippen LogP contribution in [0.1, 0.15) is 0 Å². The standard InChI is InChI=1S/C21H12Cl3N3O6S/c22-11-1-4-14(5-2-11)34(31,32)18-9-13(3-6-17(18)28)33-20-15(23)7-12(8-16(20)24)27-21(30)26-19(29)10-25-27/h1-10,28H,(H,26,29,30). The molecular formula is C21H12Cl3N3O6S. The summed E-state index contributed by atoms with van der Waals surface area (Å²) in [5, 5.41) is 14.2. The Hall–Kier alpha value is -3.31. The molecule has 1 heterocycles. The summed E-state index contributed by atoms with van der Waals surface area (Å²) < 4.78 is 32.5. The Morgan fingerprint density at radius 3 is 2.21 bits per heavy atom. The van der Waals surface area contributed by atoms with Crippen molar-refractivity contribution in [2.45, 2.75) is 9.79 Å². The van der Waals surface area contributed by atoms with Gasteiger partial charge in [-0.05, 0) is 48.5 Å². The number of phenols is 1. The largest absolute Gasteiger partial charge is 0.507 e. The van der Waals surface area contributed by atoms with Crippen LogP contribution in [0.15, 0.2) is 80.2 Å². The molecule has 0 unspecified atom stereocenters. The third kappa shape index (κ3) is 4.66. The Kier molecular flexibility index (Phi) is 6.41. The first kappa shape index (κ1) is 23.8. The monoisotopic (exact) mass is 539 g/mol. The number of phenolic OH excluding ortho intramolecular Hbond substituents is 1. The van der Waals surface area contributed by atoms with Gasteiger partial charge in [0.2, 0.25) is 9.84 Å². The van der Waals surface area contributed by atoms with E-state index >= 15 is 0 Å². The zero-order valence-corrected chi connectivity index (χ0v) is 19.8. The predicted molar refractivity (Wildman–Crippen MR) is 126 cm³/mol. The molecule has 4 aromatic rings. The van der Waals surface area contributed by atoms with E-state index in [2.05, 4.69) is 10.1 Å². The van der Waals surface area contributed by atoms with E-state index < -0.39 is 31.7 Å². The number of halogens is 3. The van der Waals surface area contributed by atoms with Crippen molar-refractivity contribution in [2.24, 2.45) is 0 Å². The zero-order chi connectivity index (χ0) is 24.6. The minimum Gasteiger partial charge on any atom is -0.507 e. The highest BCUT2D eigenvalue weighted by atomic mass is 35.5. The van der Waals surface area contributed by atoms with Gasteiger partial charge in [0.1, 0.15) is 22.6 Å². The molecule has 9 nitrogen and oxygen atoms in total. The number of nitrogens with one attached hydrogen (secondary N) is 1. The average Bonchev–Trinajstić information content (AvgIpc) is 2.77. The molecule has 0 fully saturated rings. The molecule has 0 aliphatic rings. The number of ether oxygens (including phenoxy) is 1. The first-order chi connectivity index (χ1) is 16.1. The number of hydrogen-bond acceptors (Lipinski definition) is 7. The molecule has 0 saturated heterocycles.